The summed E-state index contributed by atoms with van der Waals surface area (Å²) >= 11 is 0. The Kier molecular flexibility index (Phi) is 4.99. The van der Waals surface area contributed by atoms with Gasteiger partial charge >= 0.3 is 0 Å². The van der Waals surface area contributed by atoms with Crippen LogP contribution in [0.5, 0.6) is 0 Å². The van der Waals surface area contributed by atoms with Crippen LogP contribution in [0.4, 0.5) is 5.69 Å². The van der Waals surface area contributed by atoms with E-state index < -0.39 is 0 Å². The monoisotopic (exact) mass is 220 g/mol. The molecule has 0 bridgehead atoms. The van der Waals surface area contributed by atoms with E-state index in [0.29, 0.717) is 12.5 Å². The lowest BCUT2D eigenvalue weighted by molar-refractivity contribution is -0.120. The van der Waals surface area contributed by atoms with Crippen molar-refractivity contribution >= 4 is 11.6 Å². The van der Waals surface area contributed by atoms with E-state index in [2.05, 4.69) is 19.2 Å². The molecule has 16 heavy (non-hydrogen) atoms. The van der Waals surface area contributed by atoms with Crippen LogP contribution in [-0.2, 0) is 4.79 Å². The Labute approximate surface area is 97.0 Å². The predicted molar refractivity (Wildman–Crippen MR) is 67.1 cm³/mol. The number of benzene rings is 1. The van der Waals surface area contributed by atoms with Gasteiger partial charge in [-0.2, -0.15) is 0 Å². The smallest absolute Gasteiger partial charge is 0.228 e. The van der Waals surface area contributed by atoms with Crippen molar-refractivity contribution < 1.29 is 4.79 Å². The van der Waals surface area contributed by atoms with Gasteiger partial charge in [-0.25, -0.2) is 0 Å². The molecule has 3 heteroatoms. The minimum absolute atomic E-state index is 0.0161. The zero-order valence-corrected chi connectivity index (χ0v) is 9.94. The Morgan fingerprint density at radius 2 is 1.94 bits per heavy atom. The van der Waals surface area contributed by atoms with Crippen LogP contribution in [0.25, 0.3) is 0 Å². The third-order valence-electron chi connectivity index (χ3n) is 2.45. The van der Waals surface area contributed by atoms with E-state index in [1.165, 1.54) is 0 Å². The van der Waals surface area contributed by atoms with Crippen LogP contribution >= 0.6 is 0 Å². The van der Waals surface area contributed by atoms with Crippen LogP contribution < -0.4 is 11.1 Å². The first-order chi connectivity index (χ1) is 7.63. The maximum absolute atomic E-state index is 11.9. The Morgan fingerprint density at radius 1 is 1.31 bits per heavy atom. The Hall–Kier alpha value is -1.35. The van der Waals surface area contributed by atoms with Crippen LogP contribution in [0, 0.1) is 11.8 Å². The normalized spacial score (nSPS) is 12.5. The second-order valence-corrected chi connectivity index (χ2v) is 4.42. The van der Waals surface area contributed by atoms with E-state index in [9.17, 15) is 4.79 Å². The summed E-state index contributed by atoms with van der Waals surface area (Å²) in [5.74, 6) is 0.401. The highest BCUT2D eigenvalue weighted by Crippen LogP contribution is 2.13. The number of hydrogen-bond donors (Lipinski definition) is 2. The van der Waals surface area contributed by atoms with E-state index in [1.807, 2.05) is 30.3 Å². The fourth-order valence-electron chi connectivity index (χ4n) is 1.65. The molecule has 0 saturated carbocycles. The molecule has 0 aliphatic carbocycles. The summed E-state index contributed by atoms with van der Waals surface area (Å²) in [5.41, 5.74) is 6.44. The summed E-state index contributed by atoms with van der Waals surface area (Å²) in [6.07, 6.45) is 0.829. The van der Waals surface area contributed by atoms with Crippen molar-refractivity contribution in [2.45, 2.75) is 20.3 Å². The average Bonchev–Trinajstić information content (AvgIpc) is 2.26. The highest BCUT2D eigenvalue weighted by Gasteiger charge is 2.17. The predicted octanol–water partition coefficient (Wildman–Crippen LogP) is 2.25. The molecule has 88 valence electrons. The van der Waals surface area contributed by atoms with Gasteiger partial charge in [0.05, 0.1) is 5.92 Å². The maximum Gasteiger partial charge on any atom is 0.228 e. The molecule has 0 radical (unpaired) electrons. The molecule has 1 amide bonds. The summed E-state index contributed by atoms with van der Waals surface area (Å²) in [4.78, 5) is 11.9. The second kappa shape index (κ2) is 6.28. The molecule has 0 fully saturated rings. The topological polar surface area (TPSA) is 55.1 Å². The molecule has 0 aromatic heterocycles. The number of nitrogens with two attached hydrogens (primary N) is 1. The number of carbonyl (C=O) groups is 1. The summed E-state index contributed by atoms with van der Waals surface area (Å²) in [5, 5.41) is 2.88. The third kappa shape index (κ3) is 4.03. The first-order valence-electron chi connectivity index (χ1n) is 5.69. The fourth-order valence-corrected chi connectivity index (χ4v) is 1.65. The van der Waals surface area contributed by atoms with Crippen molar-refractivity contribution in [1.82, 2.24) is 0 Å². The maximum atomic E-state index is 11.9. The molecule has 1 rings (SSSR count). The van der Waals surface area contributed by atoms with Crippen LogP contribution in [0.1, 0.15) is 20.3 Å². The van der Waals surface area contributed by atoms with Gasteiger partial charge in [-0.3, -0.25) is 4.79 Å². The number of nitrogens with one attached hydrogen (secondary N) is 1. The van der Waals surface area contributed by atoms with E-state index >= 15 is 0 Å². The molecule has 0 heterocycles. The summed E-state index contributed by atoms with van der Waals surface area (Å²) < 4.78 is 0. The molecule has 0 saturated heterocycles. The average molecular weight is 220 g/mol. The van der Waals surface area contributed by atoms with Crippen LogP contribution in [-0.4, -0.2) is 12.5 Å². The summed E-state index contributed by atoms with van der Waals surface area (Å²) in [6.45, 7) is 4.59. The van der Waals surface area contributed by atoms with Gasteiger partial charge in [0, 0.05) is 12.2 Å². The Bertz CT molecular complexity index is 322. The van der Waals surface area contributed by atoms with Gasteiger partial charge in [0.2, 0.25) is 5.91 Å². The second-order valence-electron chi connectivity index (χ2n) is 4.42. The van der Waals surface area contributed by atoms with Gasteiger partial charge in [0.15, 0.2) is 0 Å². The third-order valence-corrected chi connectivity index (χ3v) is 2.45. The van der Waals surface area contributed by atoms with Crippen LogP contribution in [0.15, 0.2) is 30.3 Å². The van der Waals surface area contributed by atoms with Crippen molar-refractivity contribution in [3.05, 3.63) is 30.3 Å². The zero-order valence-electron chi connectivity index (χ0n) is 9.94. The number of rotatable bonds is 5. The highest BCUT2D eigenvalue weighted by molar-refractivity contribution is 5.92. The summed E-state index contributed by atoms with van der Waals surface area (Å²) in [7, 11) is 0. The SMILES string of the molecule is CC(C)CC(CN)C(=O)Nc1ccccc1. The fraction of sp³-hybridized carbons (Fsp3) is 0.462. The first-order valence-corrected chi connectivity index (χ1v) is 5.69. The molecule has 0 aliphatic rings. The quantitative estimate of drug-likeness (QED) is 0.799. The lowest BCUT2D eigenvalue weighted by Crippen LogP contribution is -2.30. The van der Waals surface area contributed by atoms with Crippen LogP contribution in [0.3, 0.4) is 0 Å². The Balaban J connectivity index is 2.56. The molecular weight excluding hydrogens is 200 g/mol. The van der Waals surface area contributed by atoms with Gasteiger partial charge in [-0.15, -0.1) is 0 Å². The zero-order chi connectivity index (χ0) is 12.0. The van der Waals surface area contributed by atoms with Gasteiger partial charge in [0.25, 0.3) is 0 Å². The molecule has 0 spiro atoms. The van der Waals surface area contributed by atoms with Gasteiger partial charge in [-0.1, -0.05) is 32.0 Å². The number of hydrogen-bond acceptors (Lipinski definition) is 2. The van der Waals surface area contributed by atoms with Crippen molar-refractivity contribution in [3.63, 3.8) is 0 Å². The number of amides is 1. The molecule has 1 aromatic rings. The lowest BCUT2D eigenvalue weighted by atomic mass is 9.96. The van der Waals surface area contributed by atoms with Crippen LogP contribution in [0.2, 0.25) is 0 Å². The largest absolute Gasteiger partial charge is 0.330 e. The molecule has 0 aliphatic heterocycles. The Morgan fingerprint density at radius 3 is 2.44 bits per heavy atom. The van der Waals surface area contributed by atoms with E-state index in [0.717, 1.165) is 12.1 Å². The van der Waals surface area contributed by atoms with Gasteiger partial charge in [-0.05, 0) is 24.5 Å². The van der Waals surface area contributed by atoms with E-state index in [-0.39, 0.29) is 11.8 Å². The molecule has 1 atom stereocenters. The van der Waals surface area contributed by atoms with Crippen molar-refractivity contribution in [2.75, 3.05) is 11.9 Å². The van der Waals surface area contributed by atoms with E-state index in [1.54, 1.807) is 0 Å². The van der Waals surface area contributed by atoms with E-state index in [4.69, 9.17) is 5.73 Å². The minimum Gasteiger partial charge on any atom is -0.330 e. The first kappa shape index (κ1) is 12.7. The number of para-hydroxylation sites is 1. The molecule has 1 aromatic carbocycles. The standard InChI is InChI=1S/C13H20N2O/c1-10(2)8-11(9-14)13(16)15-12-6-4-3-5-7-12/h3-7,10-11H,8-9,14H2,1-2H3,(H,15,16). The number of carbonyl (C=O) groups excluding carboxylic acids is 1. The molecular formula is C13H20N2O. The van der Waals surface area contributed by atoms with Crippen molar-refractivity contribution in [3.8, 4) is 0 Å². The van der Waals surface area contributed by atoms with Crippen molar-refractivity contribution in [2.24, 2.45) is 17.6 Å². The molecule has 3 nitrogen and oxygen atoms in total. The lowest BCUT2D eigenvalue weighted by Gasteiger charge is -2.16. The number of anilines is 1. The summed E-state index contributed by atoms with van der Waals surface area (Å²) in [6, 6.07) is 9.47. The van der Waals surface area contributed by atoms with Gasteiger partial charge in [0.1, 0.15) is 0 Å². The van der Waals surface area contributed by atoms with Gasteiger partial charge < -0.3 is 11.1 Å². The highest BCUT2D eigenvalue weighted by atomic mass is 16.1. The molecule has 1 unspecified atom stereocenters. The van der Waals surface area contributed by atoms with Crippen molar-refractivity contribution in [1.29, 1.82) is 0 Å². The molecule has 3 N–H and O–H groups in total. The minimum atomic E-state index is -0.0970.